The van der Waals surface area contributed by atoms with Crippen molar-refractivity contribution >= 4 is 17.7 Å². The predicted molar refractivity (Wildman–Crippen MR) is 93.0 cm³/mol. The molecule has 0 saturated carbocycles. The molecule has 3 heterocycles. The van der Waals surface area contributed by atoms with Crippen LogP contribution in [-0.2, 0) is 16.0 Å². The zero-order chi connectivity index (χ0) is 16.8. The minimum Gasteiger partial charge on any atom is -0.379 e. The first-order valence-electron chi connectivity index (χ1n) is 8.86. The highest BCUT2D eigenvalue weighted by atomic mass is 32.2. The molecule has 0 bridgehead atoms. The molecule has 0 aliphatic carbocycles. The molecular formula is C16H27N5O2S. The van der Waals surface area contributed by atoms with Crippen molar-refractivity contribution in [3.05, 3.63) is 5.82 Å². The van der Waals surface area contributed by atoms with E-state index in [0.717, 1.165) is 64.6 Å². The van der Waals surface area contributed by atoms with Crippen LogP contribution in [0.25, 0.3) is 0 Å². The Bertz CT molecular complexity index is 532. The molecule has 2 aliphatic heterocycles. The topological polar surface area (TPSA) is 74.3 Å². The van der Waals surface area contributed by atoms with Crippen molar-refractivity contribution in [3.63, 3.8) is 0 Å². The number of aryl methyl sites for hydroxylation is 1. The molecule has 0 radical (unpaired) electrons. The Balaban J connectivity index is 1.43. The molecule has 0 spiro atoms. The van der Waals surface area contributed by atoms with Crippen LogP contribution in [-0.4, -0.2) is 82.6 Å². The molecule has 24 heavy (non-hydrogen) atoms. The summed E-state index contributed by atoms with van der Waals surface area (Å²) in [5, 5.41) is 7.69. The fourth-order valence-electron chi connectivity index (χ4n) is 3.31. The van der Waals surface area contributed by atoms with Crippen LogP contribution in [0.5, 0.6) is 0 Å². The van der Waals surface area contributed by atoms with Crippen LogP contribution in [0.15, 0.2) is 5.16 Å². The second-order valence-electron chi connectivity index (χ2n) is 6.47. The summed E-state index contributed by atoms with van der Waals surface area (Å²) in [7, 11) is 0. The molecule has 0 aromatic carbocycles. The summed E-state index contributed by atoms with van der Waals surface area (Å²) in [4.78, 5) is 21.3. The van der Waals surface area contributed by atoms with E-state index in [4.69, 9.17) is 4.74 Å². The second-order valence-corrected chi connectivity index (χ2v) is 7.41. The lowest BCUT2D eigenvalue weighted by Crippen LogP contribution is -2.46. The third-order valence-electron chi connectivity index (χ3n) is 4.66. The van der Waals surface area contributed by atoms with Gasteiger partial charge in [0.05, 0.1) is 19.0 Å². The van der Waals surface area contributed by atoms with Gasteiger partial charge < -0.3 is 9.64 Å². The Morgan fingerprint density at radius 2 is 2.21 bits per heavy atom. The number of ether oxygens (including phenoxy) is 1. The average Bonchev–Trinajstić information content (AvgIpc) is 3.09. The summed E-state index contributed by atoms with van der Waals surface area (Å²) < 4.78 is 5.41. The number of aromatic nitrogens is 3. The zero-order valence-electron chi connectivity index (χ0n) is 14.4. The number of thioether (sulfide) groups is 1. The van der Waals surface area contributed by atoms with E-state index in [1.807, 2.05) is 11.8 Å². The van der Waals surface area contributed by atoms with Gasteiger partial charge in [-0.1, -0.05) is 18.7 Å². The van der Waals surface area contributed by atoms with Crippen molar-refractivity contribution < 1.29 is 9.53 Å². The summed E-state index contributed by atoms with van der Waals surface area (Å²) in [6, 6.07) is 0. The van der Waals surface area contributed by atoms with Crippen LogP contribution in [0.4, 0.5) is 0 Å². The van der Waals surface area contributed by atoms with Gasteiger partial charge in [-0.2, -0.15) is 0 Å². The Hall–Kier alpha value is -1.12. The van der Waals surface area contributed by atoms with Crippen LogP contribution < -0.4 is 0 Å². The lowest BCUT2D eigenvalue weighted by Gasteiger charge is -2.36. The van der Waals surface area contributed by atoms with E-state index in [1.165, 1.54) is 18.2 Å². The fraction of sp³-hybridized carbons (Fsp3) is 0.812. The number of rotatable bonds is 6. The van der Waals surface area contributed by atoms with E-state index in [-0.39, 0.29) is 5.91 Å². The van der Waals surface area contributed by atoms with Gasteiger partial charge in [-0.3, -0.25) is 14.8 Å². The molecule has 134 valence electrons. The number of hydrogen-bond acceptors (Lipinski definition) is 6. The maximum atomic E-state index is 12.5. The number of nitrogens with one attached hydrogen (secondary N) is 1. The van der Waals surface area contributed by atoms with Gasteiger partial charge in [0.2, 0.25) is 11.1 Å². The number of morpholine rings is 1. The maximum Gasteiger partial charge on any atom is 0.233 e. The number of hydrogen-bond donors (Lipinski definition) is 1. The van der Waals surface area contributed by atoms with Crippen molar-refractivity contribution in [3.8, 4) is 0 Å². The van der Waals surface area contributed by atoms with Gasteiger partial charge in [0.25, 0.3) is 0 Å². The Labute approximate surface area is 147 Å². The predicted octanol–water partition coefficient (Wildman–Crippen LogP) is 1.03. The molecule has 1 N–H and O–H groups in total. The van der Waals surface area contributed by atoms with E-state index in [1.54, 1.807) is 0 Å². The van der Waals surface area contributed by atoms with Gasteiger partial charge in [-0.05, 0) is 18.8 Å². The van der Waals surface area contributed by atoms with Gasteiger partial charge in [0.1, 0.15) is 5.82 Å². The standard InChI is InChI=1S/C16H27N5O2S/c1-2-14-17-16(19-18-14)24-12-15(22)21-5-3-4-13(11-21)10-20-6-8-23-9-7-20/h13H,2-12H2,1H3,(H,17,18,19). The number of amides is 1. The number of aromatic amines is 1. The molecule has 2 fully saturated rings. The first-order valence-corrected chi connectivity index (χ1v) is 9.85. The summed E-state index contributed by atoms with van der Waals surface area (Å²) in [5.41, 5.74) is 0. The first-order chi connectivity index (χ1) is 11.7. The first kappa shape index (κ1) is 17.7. The Kier molecular flexibility index (Phi) is 6.51. The van der Waals surface area contributed by atoms with E-state index in [0.29, 0.717) is 16.8 Å². The summed E-state index contributed by atoms with van der Waals surface area (Å²) in [6.07, 6.45) is 3.15. The van der Waals surface area contributed by atoms with Crippen LogP contribution in [0.1, 0.15) is 25.6 Å². The normalized spacial score (nSPS) is 22.7. The number of carbonyl (C=O) groups is 1. The van der Waals surface area contributed by atoms with Crippen molar-refractivity contribution in [2.45, 2.75) is 31.3 Å². The van der Waals surface area contributed by atoms with Crippen LogP contribution >= 0.6 is 11.8 Å². The minimum absolute atomic E-state index is 0.203. The van der Waals surface area contributed by atoms with Crippen molar-refractivity contribution in [2.75, 3.05) is 51.7 Å². The lowest BCUT2D eigenvalue weighted by molar-refractivity contribution is -0.130. The van der Waals surface area contributed by atoms with E-state index in [9.17, 15) is 4.79 Å². The van der Waals surface area contributed by atoms with Crippen molar-refractivity contribution in [2.24, 2.45) is 5.92 Å². The molecular weight excluding hydrogens is 326 g/mol. The van der Waals surface area contributed by atoms with Crippen LogP contribution in [0, 0.1) is 5.92 Å². The van der Waals surface area contributed by atoms with Crippen LogP contribution in [0.2, 0.25) is 0 Å². The quantitative estimate of drug-likeness (QED) is 0.770. The Morgan fingerprint density at radius 1 is 1.38 bits per heavy atom. The molecule has 8 heteroatoms. The third kappa shape index (κ3) is 4.94. The smallest absolute Gasteiger partial charge is 0.233 e. The molecule has 1 amide bonds. The minimum atomic E-state index is 0.203. The molecule has 3 rings (SSSR count). The van der Waals surface area contributed by atoms with Crippen molar-refractivity contribution in [1.29, 1.82) is 0 Å². The lowest BCUT2D eigenvalue weighted by atomic mass is 9.97. The van der Waals surface area contributed by atoms with E-state index >= 15 is 0 Å². The zero-order valence-corrected chi connectivity index (χ0v) is 15.2. The largest absolute Gasteiger partial charge is 0.379 e. The molecule has 2 aliphatic rings. The average molecular weight is 353 g/mol. The molecule has 2 saturated heterocycles. The molecule has 1 aromatic heterocycles. The third-order valence-corrected chi connectivity index (χ3v) is 5.49. The summed E-state index contributed by atoms with van der Waals surface area (Å²) in [5.74, 6) is 2.08. The number of likely N-dealkylation sites (tertiary alicyclic amines) is 1. The number of nitrogens with zero attached hydrogens (tertiary/aromatic N) is 4. The molecule has 1 atom stereocenters. The van der Waals surface area contributed by atoms with E-state index in [2.05, 4.69) is 20.1 Å². The fourth-order valence-corrected chi connectivity index (χ4v) is 4.03. The molecule has 1 unspecified atom stereocenters. The van der Waals surface area contributed by atoms with Gasteiger partial charge in [0.15, 0.2) is 0 Å². The summed E-state index contributed by atoms with van der Waals surface area (Å²) in [6.45, 7) is 8.59. The number of H-pyrrole nitrogens is 1. The monoisotopic (exact) mass is 353 g/mol. The number of piperidine rings is 1. The van der Waals surface area contributed by atoms with Gasteiger partial charge >= 0.3 is 0 Å². The van der Waals surface area contributed by atoms with Crippen molar-refractivity contribution in [1.82, 2.24) is 25.0 Å². The Morgan fingerprint density at radius 3 is 2.96 bits per heavy atom. The van der Waals surface area contributed by atoms with Gasteiger partial charge in [-0.25, -0.2) is 4.98 Å². The van der Waals surface area contributed by atoms with Gasteiger partial charge in [-0.15, -0.1) is 5.10 Å². The highest BCUT2D eigenvalue weighted by molar-refractivity contribution is 7.99. The highest BCUT2D eigenvalue weighted by Gasteiger charge is 2.26. The maximum absolute atomic E-state index is 12.5. The second kappa shape index (κ2) is 8.82. The van der Waals surface area contributed by atoms with Gasteiger partial charge in [0, 0.05) is 39.1 Å². The van der Waals surface area contributed by atoms with E-state index < -0.39 is 0 Å². The number of carbonyl (C=O) groups excluding carboxylic acids is 1. The van der Waals surface area contributed by atoms with Crippen LogP contribution in [0.3, 0.4) is 0 Å². The summed E-state index contributed by atoms with van der Waals surface area (Å²) >= 11 is 1.42. The SMILES string of the molecule is CCc1nc(SCC(=O)N2CCCC(CN3CCOCC3)C2)n[nH]1. The molecule has 1 aromatic rings. The molecule has 7 nitrogen and oxygen atoms in total. The highest BCUT2D eigenvalue weighted by Crippen LogP contribution is 2.20.